The van der Waals surface area contributed by atoms with Crippen LogP contribution in [0.4, 0.5) is 5.82 Å². The Balaban J connectivity index is 1.35. The van der Waals surface area contributed by atoms with Gasteiger partial charge >= 0.3 is 0 Å². The first-order valence-corrected chi connectivity index (χ1v) is 11.6. The molecule has 0 aliphatic heterocycles. The predicted molar refractivity (Wildman–Crippen MR) is 117 cm³/mol. The zero-order valence-electron chi connectivity index (χ0n) is 15.5. The van der Waals surface area contributed by atoms with Crippen molar-refractivity contribution in [2.75, 3.05) is 5.73 Å². The SMILES string of the molecule is Nc1nc(CSc2nnc(-c3ccc(Cl)cc3)o2)nc2sc3c(c12)CCCCC3. The molecule has 0 spiro atoms. The number of aryl methyl sites for hydroxylation is 2. The van der Waals surface area contributed by atoms with Gasteiger partial charge in [0.2, 0.25) is 5.89 Å². The molecule has 1 aromatic carbocycles. The topological polar surface area (TPSA) is 90.7 Å². The molecule has 0 atom stereocenters. The molecule has 0 radical (unpaired) electrons. The smallest absolute Gasteiger partial charge is 0.277 e. The quantitative estimate of drug-likeness (QED) is 0.327. The normalized spacial score (nSPS) is 14.1. The van der Waals surface area contributed by atoms with Crippen LogP contribution in [-0.4, -0.2) is 20.2 Å². The summed E-state index contributed by atoms with van der Waals surface area (Å²) in [7, 11) is 0. The van der Waals surface area contributed by atoms with Gasteiger partial charge in [0.05, 0.1) is 11.1 Å². The summed E-state index contributed by atoms with van der Waals surface area (Å²) in [5.41, 5.74) is 8.52. The third-order valence-corrected chi connectivity index (χ3v) is 7.21. The van der Waals surface area contributed by atoms with E-state index in [1.54, 1.807) is 23.5 Å². The third kappa shape index (κ3) is 3.84. The van der Waals surface area contributed by atoms with Crippen LogP contribution in [0.1, 0.15) is 35.5 Å². The highest BCUT2D eigenvalue weighted by atomic mass is 35.5. The van der Waals surface area contributed by atoms with Gasteiger partial charge in [-0.25, -0.2) is 9.97 Å². The van der Waals surface area contributed by atoms with E-state index in [9.17, 15) is 0 Å². The number of rotatable bonds is 4. The molecule has 29 heavy (non-hydrogen) atoms. The Morgan fingerprint density at radius 2 is 1.90 bits per heavy atom. The number of halogens is 1. The van der Waals surface area contributed by atoms with Crippen LogP contribution in [0.5, 0.6) is 0 Å². The lowest BCUT2D eigenvalue weighted by Crippen LogP contribution is -2.00. The van der Waals surface area contributed by atoms with Crippen LogP contribution in [0.3, 0.4) is 0 Å². The van der Waals surface area contributed by atoms with Crippen molar-refractivity contribution in [3.05, 3.63) is 45.6 Å². The molecule has 0 unspecified atom stereocenters. The maximum absolute atomic E-state index is 6.32. The van der Waals surface area contributed by atoms with Gasteiger partial charge in [0.15, 0.2) is 0 Å². The number of thiophene rings is 1. The number of nitrogen functional groups attached to an aromatic ring is 1. The fourth-order valence-corrected chi connectivity index (χ4v) is 5.61. The minimum Gasteiger partial charge on any atom is -0.411 e. The number of fused-ring (bicyclic) bond motifs is 3. The first-order chi connectivity index (χ1) is 14.2. The Kier molecular flexibility index (Phi) is 5.15. The molecule has 3 aromatic heterocycles. The monoisotopic (exact) mass is 443 g/mol. The van der Waals surface area contributed by atoms with Crippen molar-refractivity contribution in [1.82, 2.24) is 20.2 Å². The average Bonchev–Trinajstić information content (AvgIpc) is 3.25. The fraction of sp³-hybridized carbons (Fsp3) is 0.300. The summed E-state index contributed by atoms with van der Waals surface area (Å²) in [6, 6.07) is 7.29. The number of hydrogen-bond donors (Lipinski definition) is 1. The van der Waals surface area contributed by atoms with Crippen LogP contribution in [0.2, 0.25) is 5.02 Å². The van der Waals surface area contributed by atoms with Crippen LogP contribution in [0.15, 0.2) is 33.9 Å². The molecule has 3 heterocycles. The molecule has 1 aliphatic rings. The minimum absolute atomic E-state index is 0.460. The first kappa shape index (κ1) is 18.8. The highest BCUT2D eigenvalue weighted by Crippen LogP contribution is 2.37. The second-order valence-electron chi connectivity index (χ2n) is 6.94. The van der Waals surface area contributed by atoms with E-state index in [0.717, 1.165) is 28.6 Å². The molecule has 5 rings (SSSR count). The van der Waals surface area contributed by atoms with Crippen LogP contribution < -0.4 is 5.73 Å². The molecule has 2 N–H and O–H groups in total. The summed E-state index contributed by atoms with van der Waals surface area (Å²) in [6.45, 7) is 0. The van der Waals surface area contributed by atoms with Gasteiger partial charge < -0.3 is 10.2 Å². The van der Waals surface area contributed by atoms with Crippen molar-refractivity contribution in [1.29, 1.82) is 0 Å². The highest BCUT2D eigenvalue weighted by Gasteiger charge is 2.19. The van der Waals surface area contributed by atoms with Gasteiger partial charge in [0.25, 0.3) is 5.22 Å². The molecule has 0 amide bonds. The fourth-order valence-electron chi connectivity index (χ4n) is 3.58. The van der Waals surface area contributed by atoms with E-state index >= 15 is 0 Å². The summed E-state index contributed by atoms with van der Waals surface area (Å²) >= 11 is 9.09. The van der Waals surface area contributed by atoms with Gasteiger partial charge in [-0.2, -0.15) is 0 Å². The van der Waals surface area contributed by atoms with Crippen molar-refractivity contribution in [3.8, 4) is 11.5 Å². The first-order valence-electron chi connectivity index (χ1n) is 9.46. The van der Waals surface area contributed by atoms with E-state index in [4.69, 9.17) is 26.7 Å². The zero-order valence-corrected chi connectivity index (χ0v) is 17.9. The van der Waals surface area contributed by atoms with Gasteiger partial charge in [-0.1, -0.05) is 29.8 Å². The molecular weight excluding hydrogens is 426 g/mol. The standard InChI is InChI=1S/C20H18ClN5OS2/c21-12-8-6-11(7-9-12)18-25-26-20(27-18)28-10-15-23-17(22)16-13-4-2-1-3-5-14(13)29-19(16)24-15/h6-9H,1-5,10H2,(H2,22,23,24). The second-order valence-corrected chi connectivity index (χ2v) is 9.39. The van der Waals surface area contributed by atoms with E-state index in [1.165, 1.54) is 41.5 Å². The molecule has 0 bridgehead atoms. The van der Waals surface area contributed by atoms with Gasteiger partial charge in [-0.15, -0.1) is 21.5 Å². The van der Waals surface area contributed by atoms with Gasteiger partial charge in [0, 0.05) is 15.5 Å². The molecule has 0 fully saturated rings. The van der Waals surface area contributed by atoms with E-state index in [0.29, 0.717) is 33.5 Å². The second kappa shape index (κ2) is 7.93. The van der Waals surface area contributed by atoms with Crippen LogP contribution >= 0.6 is 34.7 Å². The van der Waals surface area contributed by atoms with Crippen molar-refractivity contribution < 1.29 is 4.42 Å². The predicted octanol–water partition coefficient (Wildman–Crippen LogP) is 5.54. The van der Waals surface area contributed by atoms with Crippen LogP contribution in [0, 0.1) is 0 Å². The van der Waals surface area contributed by atoms with Gasteiger partial charge in [-0.05, 0) is 55.5 Å². The van der Waals surface area contributed by atoms with Gasteiger partial charge in [0.1, 0.15) is 16.5 Å². The summed E-state index contributed by atoms with van der Waals surface area (Å²) in [6.07, 6.45) is 5.92. The molecule has 0 saturated heterocycles. The minimum atomic E-state index is 0.460. The molecule has 9 heteroatoms. The Labute approximate surface area is 180 Å². The Bertz CT molecular complexity index is 1170. The molecule has 1 aliphatic carbocycles. The zero-order chi connectivity index (χ0) is 19.8. The van der Waals surface area contributed by atoms with Crippen LogP contribution in [0.25, 0.3) is 21.7 Å². The maximum atomic E-state index is 6.32. The van der Waals surface area contributed by atoms with Crippen LogP contribution in [-0.2, 0) is 18.6 Å². The Morgan fingerprint density at radius 3 is 2.76 bits per heavy atom. The molecule has 148 valence electrons. The van der Waals surface area contributed by atoms with E-state index in [2.05, 4.69) is 15.2 Å². The van der Waals surface area contributed by atoms with E-state index in [-0.39, 0.29) is 0 Å². The summed E-state index contributed by atoms with van der Waals surface area (Å²) in [4.78, 5) is 11.7. The summed E-state index contributed by atoms with van der Waals surface area (Å²) in [5, 5.41) is 10.4. The lowest BCUT2D eigenvalue weighted by Gasteiger charge is -2.03. The number of benzene rings is 1. The lowest BCUT2D eigenvalue weighted by molar-refractivity contribution is 0.465. The molecule has 4 aromatic rings. The number of nitrogens with zero attached hydrogens (tertiary/aromatic N) is 4. The van der Waals surface area contributed by atoms with Crippen molar-refractivity contribution >= 4 is 50.7 Å². The number of thioether (sulfide) groups is 1. The third-order valence-electron chi connectivity index (χ3n) is 4.96. The lowest BCUT2D eigenvalue weighted by atomic mass is 10.1. The number of hydrogen-bond acceptors (Lipinski definition) is 8. The molecule has 0 saturated carbocycles. The van der Waals surface area contributed by atoms with Gasteiger partial charge in [-0.3, -0.25) is 0 Å². The molecular formula is C20H18ClN5OS2. The van der Waals surface area contributed by atoms with Crippen molar-refractivity contribution in [2.24, 2.45) is 0 Å². The molecule has 6 nitrogen and oxygen atoms in total. The maximum Gasteiger partial charge on any atom is 0.277 e. The summed E-state index contributed by atoms with van der Waals surface area (Å²) < 4.78 is 5.74. The summed E-state index contributed by atoms with van der Waals surface area (Å²) in [5.74, 6) is 2.24. The average molecular weight is 444 g/mol. The highest BCUT2D eigenvalue weighted by molar-refractivity contribution is 7.98. The Hall–Kier alpha value is -2.16. The van der Waals surface area contributed by atoms with E-state index < -0.39 is 0 Å². The largest absolute Gasteiger partial charge is 0.411 e. The number of aromatic nitrogens is 4. The van der Waals surface area contributed by atoms with E-state index in [1.807, 2.05) is 12.1 Å². The number of anilines is 1. The van der Waals surface area contributed by atoms with Crippen molar-refractivity contribution in [2.45, 2.75) is 43.1 Å². The van der Waals surface area contributed by atoms with Crippen molar-refractivity contribution in [3.63, 3.8) is 0 Å². The Morgan fingerprint density at radius 1 is 1.07 bits per heavy atom. The number of nitrogens with two attached hydrogens (primary N) is 1.